The van der Waals surface area contributed by atoms with Crippen LogP contribution in [-0.4, -0.2) is 50.2 Å². The van der Waals surface area contributed by atoms with Crippen molar-refractivity contribution in [3.05, 3.63) is 0 Å². The lowest BCUT2D eigenvalue weighted by molar-refractivity contribution is 0.322. The van der Waals surface area contributed by atoms with Gasteiger partial charge >= 0.3 is 31.0 Å². The predicted molar refractivity (Wildman–Crippen MR) is 31.6 cm³/mol. The minimum atomic E-state index is -5.14. The van der Waals surface area contributed by atoms with Crippen LogP contribution in [0, 0.1) is 0 Å². The molecule has 0 aliphatic carbocycles. The molecule has 42 valence electrons. The Kier molecular flexibility index (Phi) is 12.4. The molecule has 7 heteroatoms. The molecule has 0 amide bonds. The molecule has 0 radical (unpaired) electrons. The maximum absolute atomic E-state index is 10.4. The van der Waals surface area contributed by atoms with Crippen LogP contribution in [0.2, 0.25) is 0 Å². The van der Waals surface area contributed by atoms with Crippen molar-refractivity contribution in [3.8, 4) is 0 Å². The Morgan fingerprint density at radius 3 is 1.43 bits per heavy atom. The lowest BCUT2D eigenvalue weighted by Gasteiger charge is -1.77. The number of halogens is 1. The van der Waals surface area contributed by atoms with E-state index in [1.54, 1.807) is 0 Å². The van der Waals surface area contributed by atoms with Crippen molar-refractivity contribution in [2.75, 3.05) is 0 Å². The third-order valence-electron chi connectivity index (χ3n) is 0. The third-order valence-corrected chi connectivity index (χ3v) is 0. The summed E-state index contributed by atoms with van der Waals surface area (Å²) in [6.45, 7) is 0. The molecule has 0 saturated carbocycles. The Morgan fingerprint density at radius 2 is 1.43 bits per heavy atom. The van der Waals surface area contributed by atoms with Gasteiger partial charge in [-0.05, 0) is 0 Å². The topological polar surface area (TPSA) is 57.5 Å². The molecular weight excluding hydrogens is 149 g/mol. The van der Waals surface area contributed by atoms with E-state index in [9.17, 15) is 4.20 Å². The molecule has 0 aromatic rings. The lowest BCUT2D eigenvalue weighted by Crippen LogP contribution is -1.56. The second-order valence-electron chi connectivity index (χ2n) is 0.473. The maximum Gasteiger partial charge on any atom is 0.507 e. The van der Waals surface area contributed by atoms with Crippen LogP contribution in [-0.2, 0) is 4.57 Å². The van der Waals surface area contributed by atoms with Crippen LogP contribution in [0.1, 0.15) is 0 Å². The van der Waals surface area contributed by atoms with Crippen molar-refractivity contribution in [1.82, 2.24) is 0 Å². The Labute approximate surface area is 66.9 Å². The van der Waals surface area contributed by atoms with E-state index < -0.39 is 7.91 Å². The first-order valence-electron chi connectivity index (χ1n) is 0.752. The van der Waals surface area contributed by atoms with Crippen molar-refractivity contribution in [1.29, 1.82) is 0 Å². The molecule has 0 saturated heterocycles. The zero-order valence-corrected chi connectivity index (χ0v) is 3.02. The van der Waals surface area contributed by atoms with Crippen molar-refractivity contribution in [2.45, 2.75) is 0 Å². The quantitative estimate of drug-likeness (QED) is 0.313. The van der Waals surface area contributed by atoms with Crippen LogP contribution < -0.4 is 0 Å². The Balaban J connectivity index is -0.0000000800. The van der Waals surface area contributed by atoms with Crippen LogP contribution in [0.4, 0.5) is 4.20 Å². The smallest absolute Gasteiger partial charge is 0.299 e. The van der Waals surface area contributed by atoms with Crippen molar-refractivity contribution >= 4 is 48.3 Å². The van der Waals surface area contributed by atoms with Crippen LogP contribution in [0.25, 0.3) is 0 Å². The van der Waals surface area contributed by atoms with Gasteiger partial charge in [0.2, 0.25) is 0 Å². The average Bonchev–Trinajstić information content (AvgIpc) is 0.722. The van der Waals surface area contributed by atoms with Gasteiger partial charge in [-0.1, -0.05) is 0 Å². The van der Waals surface area contributed by atoms with E-state index in [0.29, 0.717) is 0 Å². The summed E-state index contributed by atoms with van der Waals surface area (Å²) in [7, 11) is -5.14. The van der Waals surface area contributed by atoms with E-state index >= 15 is 0 Å². The fraction of sp³-hybridized carbons (Fsp3) is 0. The molecule has 0 aliphatic rings. The Morgan fingerprint density at radius 1 is 1.43 bits per heavy atom. The molecule has 0 aliphatic heterocycles. The van der Waals surface area contributed by atoms with Gasteiger partial charge in [-0.15, -0.1) is 4.20 Å². The molecule has 3 nitrogen and oxygen atoms in total. The van der Waals surface area contributed by atoms with Crippen molar-refractivity contribution < 1.29 is 18.5 Å². The molecule has 0 rings (SSSR count). The van der Waals surface area contributed by atoms with Gasteiger partial charge in [-0.2, -0.15) is 0 Å². The molecular formula is H7AlFMgO3P. The fourth-order valence-electron chi connectivity index (χ4n) is 0. The molecule has 0 atom stereocenters. The summed E-state index contributed by atoms with van der Waals surface area (Å²) < 4.78 is 19.0. The third kappa shape index (κ3) is 112. The van der Waals surface area contributed by atoms with E-state index in [4.69, 9.17) is 14.4 Å². The lowest BCUT2D eigenvalue weighted by atomic mass is 15.8. The number of hydrogen-bond acceptors (Lipinski definition) is 1. The SMILES string of the molecule is O=P(O)(O)F.[AlH3].[MgH2]. The molecule has 0 spiro atoms. The second-order valence-corrected chi connectivity index (χ2v) is 1.42. The predicted octanol–water partition coefficient (Wildman–Crippen LogP) is -2.05. The molecule has 0 bridgehead atoms. The summed E-state index contributed by atoms with van der Waals surface area (Å²) in [5.74, 6) is 0. The zero-order chi connectivity index (χ0) is 4.50. The van der Waals surface area contributed by atoms with E-state index in [1.165, 1.54) is 0 Å². The molecule has 0 aromatic heterocycles. The van der Waals surface area contributed by atoms with Gasteiger partial charge in [0.25, 0.3) is 0 Å². The van der Waals surface area contributed by atoms with Crippen LogP contribution in [0.5, 0.6) is 0 Å². The first kappa shape index (κ1) is 15.8. The van der Waals surface area contributed by atoms with Gasteiger partial charge in [-0.25, -0.2) is 4.57 Å². The zero-order valence-electron chi connectivity index (χ0n) is 2.13. The first-order chi connectivity index (χ1) is 2.00. The molecule has 0 heterocycles. The maximum atomic E-state index is 10.4. The normalized spacial score (nSPS) is 8.43. The molecule has 0 aromatic carbocycles. The Bertz CT molecular complexity index is 61.1. The van der Waals surface area contributed by atoms with E-state index in [1.807, 2.05) is 0 Å². The van der Waals surface area contributed by atoms with Crippen LogP contribution in [0.3, 0.4) is 0 Å². The highest BCUT2D eigenvalue weighted by Crippen LogP contribution is 2.34. The summed E-state index contributed by atoms with van der Waals surface area (Å²) in [6, 6.07) is 0. The second kappa shape index (κ2) is 5.51. The first-order valence-corrected chi connectivity index (χ1v) is 2.25. The minimum Gasteiger partial charge on any atom is -0.299 e. The van der Waals surface area contributed by atoms with Gasteiger partial charge in [-0.3, -0.25) is 9.79 Å². The van der Waals surface area contributed by atoms with E-state index in [-0.39, 0.29) is 40.4 Å². The number of rotatable bonds is 0. The minimum absolute atomic E-state index is 0. The van der Waals surface area contributed by atoms with Crippen molar-refractivity contribution in [2.24, 2.45) is 0 Å². The van der Waals surface area contributed by atoms with Gasteiger partial charge in [0.15, 0.2) is 17.4 Å². The molecule has 2 N–H and O–H groups in total. The van der Waals surface area contributed by atoms with E-state index in [2.05, 4.69) is 0 Å². The van der Waals surface area contributed by atoms with Gasteiger partial charge in [0.1, 0.15) is 0 Å². The average molecular weight is 156 g/mol. The van der Waals surface area contributed by atoms with E-state index in [0.717, 1.165) is 0 Å². The van der Waals surface area contributed by atoms with Gasteiger partial charge in [0.05, 0.1) is 0 Å². The monoisotopic (exact) mass is 156 g/mol. The Hall–Kier alpha value is 1.38. The highest BCUT2D eigenvalue weighted by atomic mass is 31.2. The van der Waals surface area contributed by atoms with Crippen LogP contribution in [0.15, 0.2) is 0 Å². The summed E-state index contributed by atoms with van der Waals surface area (Å²) in [6.07, 6.45) is 0. The summed E-state index contributed by atoms with van der Waals surface area (Å²) in [5, 5.41) is 0. The summed E-state index contributed by atoms with van der Waals surface area (Å²) >= 11 is 0. The van der Waals surface area contributed by atoms with Gasteiger partial charge in [0, 0.05) is 0 Å². The highest BCUT2D eigenvalue weighted by Gasteiger charge is 2.04. The number of hydrogen-bond donors (Lipinski definition) is 2. The summed E-state index contributed by atoms with van der Waals surface area (Å²) in [5.41, 5.74) is 0. The van der Waals surface area contributed by atoms with Gasteiger partial charge < -0.3 is 0 Å². The van der Waals surface area contributed by atoms with Crippen LogP contribution >= 0.6 is 7.91 Å². The highest BCUT2D eigenvalue weighted by molar-refractivity contribution is 7.45. The fourth-order valence-corrected chi connectivity index (χ4v) is 0. The molecule has 7 heavy (non-hydrogen) atoms. The molecule has 0 fully saturated rings. The largest absolute Gasteiger partial charge is 0.507 e. The summed E-state index contributed by atoms with van der Waals surface area (Å²) in [4.78, 5) is 13.9. The van der Waals surface area contributed by atoms with Crippen molar-refractivity contribution in [3.63, 3.8) is 0 Å². The molecule has 0 unspecified atom stereocenters. The standard InChI is InChI=1S/Al.FH2O3P.Mg.5H/c;1-5(2,3)4;;;;;;/h;(H2,2,3,4);;;;;;.